The standard InChI is InChI=1S/C15H22ClNO.ClH/c1-3-11(2)14-10-12(16)4-5-15(14)18-13-6-8-17-9-7-13;/h4-5,10-11,13,17H,3,6-9H2,1-2H3;1H. The molecule has 1 heterocycles. The Morgan fingerprint density at radius 2 is 2.05 bits per heavy atom. The average Bonchev–Trinajstić information content (AvgIpc) is 2.41. The summed E-state index contributed by atoms with van der Waals surface area (Å²) < 4.78 is 6.17. The molecule has 1 unspecified atom stereocenters. The lowest BCUT2D eigenvalue weighted by molar-refractivity contribution is 0.160. The van der Waals surface area contributed by atoms with E-state index in [1.807, 2.05) is 18.2 Å². The monoisotopic (exact) mass is 303 g/mol. The van der Waals surface area contributed by atoms with Crippen LogP contribution in [0.4, 0.5) is 0 Å². The SMILES string of the molecule is CCC(C)c1cc(Cl)ccc1OC1CCNCC1.Cl. The number of piperidine rings is 1. The van der Waals surface area contributed by atoms with Gasteiger partial charge in [-0.2, -0.15) is 0 Å². The summed E-state index contributed by atoms with van der Waals surface area (Å²) in [6.45, 7) is 6.52. The molecule has 1 saturated heterocycles. The van der Waals surface area contributed by atoms with Crippen molar-refractivity contribution in [1.82, 2.24) is 5.32 Å². The van der Waals surface area contributed by atoms with Gasteiger partial charge >= 0.3 is 0 Å². The van der Waals surface area contributed by atoms with E-state index in [1.54, 1.807) is 0 Å². The van der Waals surface area contributed by atoms with Crippen LogP contribution in [0, 0.1) is 0 Å². The topological polar surface area (TPSA) is 21.3 Å². The number of halogens is 2. The number of benzene rings is 1. The summed E-state index contributed by atoms with van der Waals surface area (Å²) in [6.07, 6.45) is 3.61. The first kappa shape index (κ1) is 16.6. The van der Waals surface area contributed by atoms with E-state index < -0.39 is 0 Å². The maximum Gasteiger partial charge on any atom is 0.123 e. The second-order valence-corrected chi connectivity index (χ2v) is 5.50. The molecule has 1 aromatic rings. The Labute approximate surface area is 127 Å². The Morgan fingerprint density at radius 1 is 1.37 bits per heavy atom. The fraction of sp³-hybridized carbons (Fsp3) is 0.600. The first-order valence-electron chi connectivity index (χ1n) is 6.87. The number of hydrogen-bond donors (Lipinski definition) is 1. The third kappa shape index (κ3) is 4.55. The Bertz CT molecular complexity index is 392. The molecule has 19 heavy (non-hydrogen) atoms. The van der Waals surface area contributed by atoms with E-state index in [2.05, 4.69) is 19.2 Å². The number of rotatable bonds is 4. The van der Waals surface area contributed by atoms with Gasteiger partial charge < -0.3 is 10.1 Å². The van der Waals surface area contributed by atoms with Gasteiger partial charge in [-0.05, 0) is 62.0 Å². The van der Waals surface area contributed by atoms with Crippen LogP contribution in [-0.4, -0.2) is 19.2 Å². The summed E-state index contributed by atoms with van der Waals surface area (Å²) in [5.41, 5.74) is 1.24. The van der Waals surface area contributed by atoms with Crippen LogP contribution in [0.2, 0.25) is 5.02 Å². The van der Waals surface area contributed by atoms with Gasteiger partial charge in [0.15, 0.2) is 0 Å². The molecule has 108 valence electrons. The lowest BCUT2D eigenvalue weighted by Gasteiger charge is -2.26. The van der Waals surface area contributed by atoms with Crippen LogP contribution in [0.5, 0.6) is 5.75 Å². The van der Waals surface area contributed by atoms with Crippen LogP contribution in [0.1, 0.15) is 44.6 Å². The molecular weight excluding hydrogens is 281 g/mol. The summed E-state index contributed by atoms with van der Waals surface area (Å²) >= 11 is 6.10. The van der Waals surface area contributed by atoms with Crippen LogP contribution in [0.25, 0.3) is 0 Å². The van der Waals surface area contributed by atoms with E-state index in [0.717, 1.165) is 43.1 Å². The number of hydrogen-bond acceptors (Lipinski definition) is 2. The Kier molecular flexibility index (Phi) is 6.98. The van der Waals surface area contributed by atoms with Crippen LogP contribution < -0.4 is 10.1 Å². The minimum Gasteiger partial charge on any atom is -0.490 e. The molecule has 1 fully saturated rings. The summed E-state index contributed by atoms with van der Waals surface area (Å²) in [4.78, 5) is 0. The van der Waals surface area contributed by atoms with E-state index >= 15 is 0 Å². The number of nitrogens with one attached hydrogen (secondary N) is 1. The van der Waals surface area contributed by atoms with Gasteiger partial charge in [0.1, 0.15) is 11.9 Å². The predicted molar refractivity (Wildman–Crippen MR) is 83.9 cm³/mol. The van der Waals surface area contributed by atoms with Crippen LogP contribution in [0.15, 0.2) is 18.2 Å². The Balaban J connectivity index is 0.00000180. The second kappa shape index (κ2) is 7.98. The van der Waals surface area contributed by atoms with Crippen molar-refractivity contribution >= 4 is 24.0 Å². The number of ether oxygens (including phenoxy) is 1. The van der Waals surface area contributed by atoms with Crippen molar-refractivity contribution in [1.29, 1.82) is 0 Å². The maximum atomic E-state index is 6.17. The quantitative estimate of drug-likeness (QED) is 0.890. The molecule has 1 aliphatic heterocycles. The molecule has 0 saturated carbocycles. The van der Waals surface area contributed by atoms with Crippen molar-refractivity contribution in [3.8, 4) is 5.75 Å². The lowest BCUT2D eigenvalue weighted by atomic mass is 9.97. The van der Waals surface area contributed by atoms with Gasteiger partial charge in [-0.1, -0.05) is 25.4 Å². The van der Waals surface area contributed by atoms with E-state index in [4.69, 9.17) is 16.3 Å². The Morgan fingerprint density at radius 3 is 2.68 bits per heavy atom. The van der Waals surface area contributed by atoms with Crippen LogP contribution in [-0.2, 0) is 0 Å². The third-order valence-electron chi connectivity index (χ3n) is 3.69. The molecule has 2 rings (SSSR count). The van der Waals surface area contributed by atoms with Gasteiger partial charge in [-0.3, -0.25) is 0 Å². The smallest absolute Gasteiger partial charge is 0.123 e. The molecule has 0 aliphatic carbocycles. The van der Waals surface area contributed by atoms with Gasteiger partial charge in [-0.25, -0.2) is 0 Å². The fourth-order valence-corrected chi connectivity index (χ4v) is 2.51. The maximum absolute atomic E-state index is 6.17. The molecule has 4 heteroatoms. The van der Waals surface area contributed by atoms with Crippen molar-refractivity contribution in [2.24, 2.45) is 0 Å². The minimum absolute atomic E-state index is 0. The molecule has 0 aromatic heterocycles. The predicted octanol–water partition coefficient (Wildman–Crippen LogP) is 4.41. The van der Waals surface area contributed by atoms with Crippen molar-refractivity contribution in [2.75, 3.05) is 13.1 Å². The van der Waals surface area contributed by atoms with Crippen molar-refractivity contribution in [2.45, 2.75) is 45.1 Å². The molecule has 0 spiro atoms. The molecule has 1 aromatic carbocycles. The lowest BCUT2D eigenvalue weighted by Crippen LogP contribution is -2.34. The Hall–Kier alpha value is -0.440. The zero-order valence-corrected chi connectivity index (χ0v) is 13.2. The van der Waals surface area contributed by atoms with Gasteiger partial charge in [-0.15, -0.1) is 12.4 Å². The van der Waals surface area contributed by atoms with Crippen molar-refractivity contribution < 1.29 is 4.74 Å². The van der Waals surface area contributed by atoms with Crippen LogP contribution in [0.3, 0.4) is 0 Å². The van der Waals surface area contributed by atoms with Gasteiger partial charge in [0.05, 0.1) is 0 Å². The molecule has 0 amide bonds. The van der Waals surface area contributed by atoms with E-state index in [0.29, 0.717) is 12.0 Å². The van der Waals surface area contributed by atoms with E-state index in [-0.39, 0.29) is 12.4 Å². The first-order valence-corrected chi connectivity index (χ1v) is 7.25. The molecule has 1 atom stereocenters. The summed E-state index contributed by atoms with van der Waals surface area (Å²) in [5, 5.41) is 4.15. The molecule has 0 radical (unpaired) electrons. The zero-order valence-electron chi connectivity index (χ0n) is 11.6. The normalized spacial score (nSPS) is 17.6. The van der Waals surface area contributed by atoms with Crippen molar-refractivity contribution in [3.63, 3.8) is 0 Å². The summed E-state index contributed by atoms with van der Waals surface area (Å²) in [5.74, 6) is 1.50. The molecule has 1 aliphatic rings. The highest BCUT2D eigenvalue weighted by atomic mass is 35.5. The van der Waals surface area contributed by atoms with Gasteiger partial charge in [0, 0.05) is 5.02 Å². The highest BCUT2D eigenvalue weighted by Gasteiger charge is 2.18. The summed E-state index contributed by atoms with van der Waals surface area (Å²) in [6, 6.07) is 5.99. The van der Waals surface area contributed by atoms with Gasteiger partial charge in [0.2, 0.25) is 0 Å². The summed E-state index contributed by atoms with van der Waals surface area (Å²) in [7, 11) is 0. The third-order valence-corrected chi connectivity index (χ3v) is 3.93. The second-order valence-electron chi connectivity index (χ2n) is 5.06. The zero-order chi connectivity index (χ0) is 13.0. The van der Waals surface area contributed by atoms with Crippen LogP contribution >= 0.6 is 24.0 Å². The largest absolute Gasteiger partial charge is 0.490 e. The first-order chi connectivity index (χ1) is 8.70. The molecular formula is C15H23Cl2NO. The highest BCUT2D eigenvalue weighted by Crippen LogP contribution is 2.32. The average molecular weight is 304 g/mol. The van der Waals surface area contributed by atoms with Crippen molar-refractivity contribution in [3.05, 3.63) is 28.8 Å². The van der Waals surface area contributed by atoms with Gasteiger partial charge in [0.25, 0.3) is 0 Å². The molecule has 2 nitrogen and oxygen atoms in total. The molecule has 0 bridgehead atoms. The van der Waals surface area contributed by atoms with E-state index in [9.17, 15) is 0 Å². The fourth-order valence-electron chi connectivity index (χ4n) is 2.32. The highest BCUT2D eigenvalue weighted by molar-refractivity contribution is 6.30. The van der Waals surface area contributed by atoms with E-state index in [1.165, 1.54) is 5.56 Å². The molecule has 1 N–H and O–H groups in total. The minimum atomic E-state index is 0.